The third-order valence-corrected chi connectivity index (χ3v) is 2.69. The number of aromatic nitrogens is 1. The SMILES string of the molecule is FC(F)(F)c1cc(CCl)nc(-c2ccccc2)c1. The van der Waals surface area contributed by atoms with Gasteiger partial charge in [0.05, 0.1) is 22.8 Å². The lowest BCUT2D eigenvalue weighted by molar-refractivity contribution is -0.137. The second-order valence-electron chi connectivity index (χ2n) is 3.73. The van der Waals surface area contributed by atoms with E-state index in [0.29, 0.717) is 5.56 Å². The Morgan fingerprint density at radius 2 is 1.72 bits per heavy atom. The van der Waals surface area contributed by atoms with Crippen molar-refractivity contribution in [3.05, 3.63) is 53.7 Å². The molecule has 0 aliphatic rings. The van der Waals surface area contributed by atoms with E-state index in [9.17, 15) is 13.2 Å². The molecule has 18 heavy (non-hydrogen) atoms. The molecule has 0 spiro atoms. The van der Waals surface area contributed by atoms with Gasteiger partial charge in [0.1, 0.15) is 0 Å². The van der Waals surface area contributed by atoms with E-state index in [0.717, 1.165) is 12.1 Å². The van der Waals surface area contributed by atoms with Crippen molar-refractivity contribution < 1.29 is 13.2 Å². The van der Waals surface area contributed by atoms with E-state index in [1.807, 2.05) is 0 Å². The molecule has 1 nitrogen and oxygen atoms in total. The van der Waals surface area contributed by atoms with Gasteiger partial charge >= 0.3 is 6.18 Å². The molecule has 0 saturated carbocycles. The number of nitrogens with zero attached hydrogens (tertiary/aromatic N) is 1. The lowest BCUT2D eigenvalue weighted by Gasteiger charge is -2.10. The van der Waals surface area contributed by atoms with Gasteiger partial charge in [-0.1, -0.05) is 30.3 Å². The normalized spacial score (nSPS) is 11.6. The Labute approximate surface area is 107 Å². The predicted octanol–water partition coefficient (Wildman–Crippen LogP) is 4.51. The first-order valence-corrected chi connectivity index (χ1v) is 5.73. The Balaban J connectivity index is 2.55. The van der Waals surface area contributed by atoms with Gasteiger partial charge in [-0.2, -0.15) is 13.2 Å². The molecule has 0 bridgehead atoms. The first-order valence-electron chi connectivity index (χ1n) is 5.20. The Kier molecular flexibility index (Phi) is 3.57. The summed E-state index contributed by atoms with van der Waals surface area (Å²) in [5, 5.41) is 0. The van der Waals surface area contributed by atoms with Gasteiger partial charge in [0.2, 0.25) is 0 Å². The average molecular weight is 272 g/mol. The molecule has 2 rings (SSSR count). The monoisotopic (exact) mass is 271 g/mol. The fourth-order valence-corrected chi connectivity index (χ4v) is 1.71. The Morgan fingerprint density at radius 1 is 1.06 bits per heavy atom. The summed E-state index contributed by atoms with van der Waals surface area (Å²) in [6, 6.07) is 10.7. The standard InChI is InChI=1S/C13H9ClF3N/c14-8-11-6-10(13(15,16)17)7-12(18-11)9-4-2-1-3-5-9/h1-7H,8H2. The highest BCUT2D eigenvalue weighted by molar-refractivity contribution is 6.16. The van der Waals surface area contributed by atoms with Crippen molar-refractivity contribution in [3.8, 4) is 11.3 Å². The van der Waals surface area contributed by atoms with Gasteiger partial charge in [-0.05, 0) is 12.1 Å². The van der Waals surface area contributed by atoms with Gasteiger partial charge in [0.25, 0.3) is 0 Å². The van der Waals surface area contributed by atoms with Crippen LogP contribution in [0.4, 0.5) is 13.2 Å². The lowest BCUT2D eigenvalue weighted by atomic mass is 10.1. The third kappa shape index (κ3) is 2.82. The van der Waals surface area contributed by atoms with Crippen molar-refractivity contribution in [2.45, 2.75) is 12.1 Å². The number of rotatable bonds is 2. The molecule has 1 aromatic carbocycles. The summed E-state index contributed by atoms with van der Waals surface area (Å²) in [5.41, 5.74) is 0.397. The van der Waals surface area contributed by atoms with Crippen LogP contribution in [-0.2, 0) is 12.1 Å². The molecule has 94 valence electrons. The van der Waals surface area contributed by atoms with Crippen LogP contribution in [0.25, 0.3) is 11.3 Å². The van der Waals surface area contributed by atoms with E-state index < -0.39 is 11.7 Å². The molecule has 0 unspecified atom stereocenters. The zero-order valence-electron chi connectivity index (χ0n) is 9.21. The van der Waals surface area contributed by atoms with E-state index in [2.05, 4.69) is 4.98 Å². The Bertz CT molecular complexity index is 538. The summed E-state index contributed by atoms with van der Waals surface area (Å²) in [5.74, 6) is -0.0518. The Morgan fingerprint density at radius 3 is 2.28 bits per heavy atom. The molecule has 0 atom stereocenters. The van der Waals surface area contributed by atoms with Gasteiger partial charge in [0, 0.05) is 5.56 Å². The van der Waals surface area contributed by atoms with Crippen molar-refractivity contribution >= 4 is 11.6 Å². The van der Waals surface area contributed by atoms with Crippen molar-refractivity contribution in [2.75, 3.05) is 0 Å². The fraction of sp³-hybridized carbons (Fsp3) is 0.154. The average Bonchev–Trinajstić information content (AvgIpc) is 2.38. The van der Waals surface area contributed by atoms with Crippen LogP contribution in [0.5, 0.6) is 0 Å². The molecule has 0 N–H and O–H groups in total. The van der Waals surface area contributed by atoms with E-state index >= 15 is 0 Å². The van der Waals surface area contributed by atoms with Crippen LogP contribution in [0.15, 0.2) is 42.5 Å². The van der Waals surface area contributed by atoms with E-state index in [-0.39, 0.29) is 17.3 Å². The molecule has 0 fully saturated rings. The number of pyridine rings is 1. The summed E-state index contributed by atoms with van der Waals surface area (Å²) in [7, 11) is 0. The first kappa shape index (κ1) is 12.9. The second kappa shape index (κ2) is 4.98. The predicted molar refractivity (Wildman–Crippen MR) is 64.2 cm³/mol. The van der Waals surface area contributed by atoms with Crippen molar-refractivity contribution in [3.63, 3.8) is 0 Å². The summed E-state index contributed by atoms with van der Waals surface area (Å²) in [6.07, 6.45) is -4.40. The van der Waals surface area contributed by atoms with E-state index in [1.165, 1.54) is 0 Å². The maximum atomic E-state index is 12.7. The lowest BCUT2D eigenvalue weighted by Crippen LogP contribution is -2.07. The summed E-state index contributed by atoms with van der Waals surface area (Å²) in [4.78, 5) is 4.10. The first-order chi connectivity index (χ1) is 8.50. The minimum Gasteiger partial charge on any atom is -0.252 e. The third-order valence-electron chi connectivity index (χ3n) is 2.41. The molecule has 0 aliphatic carbocycles. The number of alkyl halides is 4. The molecular weight excluding hydrogens is 263 g/mol. The molecule has 0 aliphatic heterocycles. The summed E-state index contributed by atoms with van der Waals surface area (Å²) >= 11 is 5.58. The summed E-state index contributed by atoms with van der Waals surface area (Å²) in [6.45, 7) is 0. The quantitative estimate of drug-likeness (QED) is 0.733. The zero-order valence-corrected chi connectivity index (χ0v) is 9.96. The van der Waals surface area contributed by atoms with Crippen molar-refractivity contribution in [1.29, 1.82) is 0 Å². The molecule has 0 saturated heterocycles. The maximum absolute atomic E-state index is 12.7. The molecule has 2 aromatic rings. The molecular formula is C13H9ClF3N. The number of benzene rings is 1. The van der Waals surface area contributed by atoms with Crippen LogP contribution in [-0.4, -0.2) is 4.98 Å². The molecule has 0 radical (unpaired) electrons. The van der Waals surface area contributed by atoms with Gasteiger partial charge in [-0.15, -0.1) is 11.6 Å². The van der Waals surface area contributed by atoms with Crippen LogP contribution >= 0.6 is 11.6 Å². The second-order valence-corrected chi connectivity index (χ2v) is 4.00. The van der Waals surface area contributed by atoms with Gasteiger partial charge in [0.15, 0.2) is 0 Å². The molecule has 1 aromatic heterocycles. The van der Waals surface area contributed by atoms with Gasteiger partial charge in [-0.3, -0.25) is 4.98 Å². The zero-order chi connectivity index (χ0) is 13.2. The van der Waals surface area contributed by atoms with Crippen LogP contribution in [0.1, 0.15) is 11.3 Å². The van der Waals surface area contributed by atoms with Crippen molar-refractivity contribution in [2.24, 2.45) is 0 Å². The molecule has 1 heterocycles. The van der Waals surface area contributed by atoms with Crippen LogP contribution in [0, 0.1) is 0 Å². The number of hydrogen-bond donors (Lipinski definition) is 0. The topological polar surface area (TPSA) is 12.9 Å². The van der Waals surface area contributed by atoms with E-state index in [4.69, 9.17) is 11.6 Å². The minimum absolute atomic E-state index is 0.0518. The Hall–Kier alpha value is -1.55. The van der Waals surface area contributed by atoms with Crippen molar-refractivity contribution in [1.82, 2.24) is 4.98 Å². The van der Waals surface area contributed by atoms with Crippen LogP contribution in [0.2, 0.25) is 0 Å². The fourth-order valence-electron chi connectivity index (χ4n) is 1.58. The smallest absolute Gasteiger partial charge is 0.252 e. The maximum Gasteiger partial charge on any atom is 0.416 e. The van der Waals surface area contributed by atoms with E-state index in [1.54, 1.807) is 30.3 Å². The minimum atomic E-state index is -4.40. The number of halogens is 4. The van der Waals surface area contributed by atoms with Crippen LogP contribution < -0.4 is 0 Å². The van der Waals surface area contributed by atoms with Gasteiger partial charge in [-0.25, -0.2) is 0 Å². The highest BCUT2D eigenvalue weighted by atomic mass is 35.5. The largest absolute Gasteiger partial charge is 0.416 e. The highest BCUT2D eigenvalue weighted by Crippen LogP contribution is 2.32. The highest BCUT2D eigenvalue weighted by Gasteiger charge is 2.31. The molecule has 5 heteroatoms. The summed E-state index contributed by atoms with van der Waals surface area (Å²) < 4.78 is 38.2. The number of hydrogen-bond acceptors (Lipinski definition) is 1. The van der Waals surface area contributed by atoms with Gasteiger partial charge < -0.3 is 0 Å². The molecule has 0 amide bonds. The van der Waals surface area contributed by atoms with Crippen LogP contribution in [0.3, 0.4) is 0 Å².